The van der Waals surface area contributed by atoms with Crippen molar-refractivity contribution in [1.29, 1.82) is 0 Å². The average Bonchev–Trinajstić information content (AvgIpc) is 2.67. The summed E-state index contributed by atoms with van der Waals surface area (Å²) < 4.78 is 4.59. The molecule has 17 heavy (non-hydrogen) atoms. The number of ether oxygens (including phenoxy) is 1. The van der Waals surface area contributed by atoms with Crippen molar-refractivity contribution >= 4 is 29.2 Å². The zero-order valence-electron chi connectivity index (χ0n) is 9.22. The van der Waals surface area contributed by atoms with Gasteiger partial charge in [0.1, 0.15) is 0 Å². The highest BCUT2D eigenvalue weighted by Gasteiger charge is 2.29. The molecule has 1 fully saturated rings. The second-order valence-corrected chi connectivity index (χ2v) is 4.35. The van der Waals surface area contributed by atoms with Gasteiger partial charge >= 0.3 is 5.97 Å². The number of rotatable bonds is 2. The van der Waals surface area contributed by atoms with E-state index in [1.807, 2.05) is 0 Å². The lowest BCUT2D eigenvalue weighted by molar-refractivity contribution is -0.117. The summed E-state index contributed by atoms with van der Waals surface area (Å²) in [6.45, 7) is 0.437. The molecule has 1 unspecified atom stereocenters. The van der Waals surface area contributed by atoms with Crippen molar-refractivity contribution in [3.8, 4) is 0 Å². The van der Waals surface area contributed by atoms with Crippen molar-refractivity contribution in [2.24, 2.45) is 0 Å². The maximum Gasteiger partial charge on any atom is 0.339 e. The second kappa shape index (κ2) is 4.71. The van der Waals surface area contributed by atoms with E-state index in [2.05, 4.69) is 9.72 Å². The molecule has 0 bridgehead atoms. The molecule has 0 radical (unpaired) electrons. The van der Waals surface area contributed by atoms with E-state index in [-0.39, 0.29) is 11.3 Å². The van der Waals surface area contributed by atoms with Gasteiger partial charge in [0.2, 0.25) is 5.91 Å². The number of nitrogens with zero attached hydrogens (tertiary/aromatic N) is 2. The van der Waals surface area contributed by atoms with E-state index >= 15 is 0 Å². The molecular weight excluding hydrogens is 244 g/mol. The van der Waals surface area contributed by atoms with E-state index in [1.54, 1.807) is 6.07 Å². The predicted octanol–water partition coefficient (Wildman–Crippen LogP) is 1.21. The number of carbonyl (C=O) groups is 2. The zero-order valence-corrected chi connectivity index (χ0v) is 9.98. The van der Waals surface area contributed by atoms with E-state index < -0.39 is 5.97 Å². The number of methoxy groups -OCH3 is 1. The lowest BCUT2D eigenvalue weighted by Gasteiger charge is -2.15. The van der Waals surface area contributed by atoms with Crippen molar-refractivity contribution in [3.63, 3.8) is 0 Å². The molecule has 2 rings (SSSR count). The summed E-state index contributed by atoms with van der Waals surface area (Å²) >= 11 is 5.91. The third kappa shape index (κ3) is 2.39. The average molecular weight is 255 g/mol. The first-order chi connectivity index (χ1) is 8.11. The van der Waals surface area contributed by atoms with Crippen LogP contribution in [0, 0.1) is 0 Å². The van der Waals surface area contributed by atoms with Gasteiger partial charge in [0.15, 0.2) is 0 Å². The number of amides is 1. The van der Waals surface area contributed by atoms with Crippen LogP contribution in [-0.4, -0.2) is 35.9 Å². The molecule has 1 aliphatic rings. The van der Waals surface area contributed by atoms with Crippen LogP contribution in [0.1, 0.15) is 16.8 Å². The van der Waals surface area contributed by atoms with Gasteiger partial charge in [-0.3, -0.25) is 9.78 Å². The summed E-state index contributed by atoms with van der Waals surface area (Å²) in [6.07, 6.45) is 3.23. The molecule has 1 aromatic rings. The first kappa shape index (κ1) is 11.9. The normalized spacial score (nSPS) is 19.5. The third-order valence-electron chi connectivity index (χ3n) is 2.53. The minimum absolute atomic E-state index is 0.0613. The molecule has 0 aliphatic carbocycles. The maximum atomic E-state index is 11.6. The highest BCUT2D eigenvalue weighted by Crippen LogP contribution is 2.24. The fraction of sp³-hybridized carbons (Fsp3) is 0.364. The lowest BCUT2D eigenvalue weighted by Crippen LogP contribution is -2.25. The molecule has 1 aliphatic heterocycles. The zero-order chi connectivity index (χ0) is 12.4. The molecular formula is C11H11ClN2O3. The summed E-state index contributed by atoms with van der Waals surface area (Å²) in [5, 5.41) is -0.190. The topological polar surface area (TPSA) is 59.5 Å². The van der Waals surface area contributed by atoms with Crippen LogP contribution in [0.25, 0.3) is 0 Å². The highest BCUT2D eigenvalue weighted by atomic mass is 35.5. The van der Waals surface area contributed by atoms with Crippen molar-refractivity contribution in [2.75, 3.05) is 18.6 Å². The summed E-state index contributed by atoms with van der Waals surface area (Å²) in [6, 6.07) is 1.58. The van der Waals surface area contributed by atoms with E-state index in [0.29, 0.717) is 24.2 Å². The van der Waals surface area contributed by atoms with Crippen LogP contribution in [0.5, 0.6) is 0 Å². The van der Waals surface area contributed by atoms with Gasteiger partial charge in [-0.2, -0.15) is 0 Å². The Hall–Kier alpha value is -1.62. The summed E-state index contributed by atoms with van der Waals surface area (Å²) in [5.74, 6) is -0.540. The van der Waals surface area contributed by atoms with Gasteiger partial charge in [-0.25, -0.2) is 4.79 Å². The number of alkyl halides is 1. The molecule has 5 nitrogen and oxygen atoms in total. The molecule has 1 atom stereocenters. The molecule has 0 spiro atoms. The van der Waals surface area contributed by atoms with Gasteiger partial charge in [0.05, 0.1) is 29.9 Å². The van der Waals surface area contributed by atoms with Crippen LogP contribution < -0.4 is 4.90 Å². The number of pyridine rings is 1. The minimum Gasteiger partial charge on any atom is -0.465 e. The van der Waals surface area contributed by atoms with Gasteiger partial charge in [0, 0.05) is 19.2 Å². The summed E-state index contributed by atoms with van der Waals surface area (Å²) in [4.78, 5) is 28.4. The number of hydrogen-bond donors (Lipinski definition) is 0. The monoisotopic (exact) mass is 254 g/mol. The van der Waals surface area contributed by atoms with E-state index in [1.165, 1.54) is 24.4 Å². The number of hydrogen-bond acceptors (Lipinski definition) is 4. The van der Waals surface area contributed by atoms with Crippen LogP contribution in [0.4, 0.5) is 5.69 Å². The Balaban J connectivity index is 2.27. The minimum atomic E-state index is -0.478. The molecule has 1 aromatic heterocycles. The fourth-order valence-electron chi connectivity index (χ4n) is 1.72. The Bertz CT molecular complexity index is 464. The summed E-state index contributed by atoms with van der Waals surface area (Å²) in [7, 11) is 1.30. The van der Waals surface area contributed by atoms with Crippen molar-refractivity contribution < 1.29 is 14.3 Å². The first-order valence-corrected chi connectivity index (χ1v) is 5.53. The van der Waals surface area contributed by atoms with Crippen LogP contribution in [0.15, 0.2) is 18.5 Å². The highest BCUT2D eigenvalue weighted by molar-refractivity contribution is 6.24. The number of halogens is 1. The Morgan fingerprint density at radius 2 is 2.35 bits per heavy atom. The van der Waals surface area contributed by atoms with Gasteiger partial charge < -0.3 is 9.64 Å². The van der Waals surface area contributed by atoms with E-state index in [4.69, 9.17) is 11.6 Å². The molecule has 0 aromatic carbocycles. The number of aromatic nitrogens is 1. The maximum absolute atomic E-state index is 11.6. The standard InChI is InChI=1S/C11H11ClN2O3/c1-17-11(16)7-2-9(5-13-4-7)14-6-8(12)3-10(14)15/h2,4-5,8H,3,6H2,1H3. The van der Waals surface area contributed by atoms with Crippen molar-refractivity contribution in [3.05, 3.63) is 24.0 Å². The molecule has 90 valence electrons. The Morgan fingerprint density at radius 1 is 1.59 bits per heavy atom. The van der Waals surface area contributed by atoms with E-state index in [9.17, 15) is 9.59 Å². The number of anilines is 1. The SMILES string of the molecule is COC(=O)c1cncc(N2CC(Cl)CC2=O)c1. The molecule has 0 N–H and O–H groups in total. The Kier molecular flexibility index (Phi) is 3.28. The third-order valence-corrected chi connectivity index (χ3v) is 2.83. The largest absolute Gasteiger partial charge is 0.465 e. The lowest BCUT2D eigenvalue weighted by atomic mass is 10.2. The molecule has 1 saturated heterocycles. The molecule has 0 saturated carbocycles. The quantitative estimate of drug-likeness (QED) is 0.588. The van der Waals surface area contributed by atoms with E-state index in [0.717, 1.165) is 0 Å². The molecule has 6 heteroatoms. The summed E-state index contributed by atoms with van der Waals surface area (Å²) in [5.41, 5.74) is 0.886. The van der Waals surface area contributed by atoms with Gasteiger partial charge in [-0.1, -0.05) is 0 Å². The van der Waals surface area contributed by atoms with Gasteiger partial charge in [0.25, 0.3) is 0 Å². The van der Waals surface area contributed by atoms with Crippen molar-refractivity contribution in [1.82, 2.24) is 4.98 Å². The van der Waals surface area contributed by atoms with Crippen LogP contribution in [-0.2, 0) is 9.53 Å². The predicted molar refractivity (Wildman–Crippen MR) is 62.2 cm³/mol. The second-order valence-electron chi connectivity index (χ2n) is 3.73. The number of carbonyl (C=O) groups excluding carboxylic acids is 2. The first-order valence-electron chi connectivity index (χ1n) is 5.09. The fourth-order valence-corrected chi connectivity index (χ4v) is 1.99. The van der Waals surface area contributed by atoms with Crippen LogP contribution in [0.3, 0.4) is 0 Å². The van der Waals surface area contributed by atoms with Crippen LogP contribution in [0.2, 0.25) is 0 Å². The van der Waals surface area contributed by atoms with Gasteiger partial charge in [-0.05, 0) is 6.07 Å². The van der Waals surface area contributed by atoms with Crippen LogP contribution >= 0.6 is 11.6 Å². The molecule has 2 heterocycles. The van der Waals surface area contributed by atoms with Gasteiger partial charge in [-0.15, -0.1) is 11.6 Å². The smallest absolute Gasteiger partial charge is 0.339 e. The van der Waals surface area contributed by atoms with Crippen molar-refractivity contribution in [2.45, 2.75) is 11.8 Å². The Morgan fingerprint density at radius 3 is 2.94 bits per heavy atom. The molecule has 1 amide bonds. The Labute approximate surface area is 103 Å². The number of esters is 1.